The molecule has 1 unspecified atom stereocenters. The Bertz CT molecular complexity index is 974. The molecule has 5 rings (SSSR count). The van der Waals surface area contributed by atoms with E-state index in [2.05, 4.69) is 5.32 Å². The zero-order chi connectivity index (χ0) is 24.3. The number of hydrogen-bond acceptors (Lipinski definition) is 5. The van der Waals surface area contributed by atoms with Crippen molar-refractivity contribution in [2.75, 3.05) is 50.8 Å². The number of carbonyl (C=O) groups is 2. The Morgan fingerprint density at radius 1 is 1.21 bits per heavy atom. The molecular weight excluding hydrogens is 460 g/mol. The maximum atomic E-state index is 13.9. The first-order valence-electron chi connectivity index (χ1n) is 11.3. The van der Waals surface area contributed by atoms with Gasteiger partial charge in [-0.15, -0.1) is 0 Å². The quantitative estimate of drug-likeness (QED) is 0.662. The van der Waals surface area contributed by atoms with Gasteiger partial charge < -0.3 is 29.5 Å². The average Bonchev–Trinajstić information content (AvgIpc) is 2.72. The first-order chi connectivity index (χ1) is 16.0. The molecule has 0 saturated carbocycles. The van der Waals surface area contributed by atoms with E-state index in [1.54, 1.807) is 9.80 Å². The number of anilines is 1. The predicted molar refractivity (Wildman–Crippen MR) is 112 cm³/mol. The maximum Gasteiger partial charge on any atom is 0.418 e. The van der Waals surface area contributed by atoms with Gasteiger partial charge in [0.25, 0.3) is 0 Å². The lowest BCUT2D eigenvalue weighted by Gasteiger charge is -2.46. The van der Waals surface area contributed by atoms with Crippen molar-refractivity contribution in [2.45, 2.75) is 43.4 Å². The van der Waals surface area contributed by atoms with Gasteiger partial charge in [-0.1, -0.05) is 0 Å². The fourth-order valence-electron chi connectivity index (χ4n) is 4.94. The predicted octanol–water partition coefficient (Wildman–Crippen LogP) is 2.03. The number of hydrogen-bond donors (Lipinski definition) is 1. The Morgan fingerprint density at radius 2 is 1.94 bits per heavy atom. The minimum Gasteiger partial charge on any atom is -0.487 e. The summed E-state index contributed by atoms with van der Waals surface area (Å²) in [6.45, 7) is 2.64. The molecule has 4 fully saturated rings. The molecule has 1 aromatic rings. The highest BCUT2D eigenvalue weighted by molar-refractivity contribution is 5.79. The Hall–Kier alpha value is -2.76. The van der Waals surface area contributed by atoms with Crippen LogP contribution in [-0.4, -0.2) is 91.5 Å². The number of nitrogens with one attached hydrogen (secondary N) is 1. The normalized spacial score (nSPS) is 26.9. The van der Waals surface area contributed by atoms with Crippen molar-refractivity contribution in [3.8, 4) is 5.75 Å². The molecule has 0 aliphatic carbocycles. The topological polar surface area (TPSA) is 74.3 Å². The van der Waals surface area contributed by atoms with Gasteiger partial charge in [-0.2, -0.15) is 13.2 Å². The van der Waals surface area contributed by atoms with E-state index >= 15 is 0 Å². The van der Waals surface area contributed by atoms with Crippen molar-refractivity contribution in [1.82, 2.24) is 15.1 Å². The molecule has 0 bridgehead atoms. The maximum absolute atomic E-state index is 13.9. The van der Waals surface area contributed by atoms with Crippen LogP contribution in [0.4, 0.5) is 28.0 Å². The highest BCUT2D eigenvalue weighted by Crippen LogP contribution is 2.42. The van der Waals surface area contributed by atoms with Crippen molar-refractivity contribution >= 4 is 17.6 Å². The van der Waals surface area contributed by atoms with Gasteiger partial charge in [0.1, 0.15) is 24.1 Å². The molecule has 186 valence electrons. The number of amides is 3. The zero-order valence-corrected chi connectivity index (χ0v) is 18.6. The minimum atomic E-state index is -4.56. The molecule has 1 aromatic carbocycles. The van der Waals surface area contributed by atoms with Crippen LogP contribution in [0.15, 0.2) is 18.2 Å². The number of piperidine rings is 1. The SMILES string of the molecule is CC1(F)CN(c2cc(OC3CN(C(=O)N4CC[C@@H]5OCC(=O)NC5C4)C3)ccc2C(F)(F)F)C1. The largest absolute Gasteiger partial charge is 0.487 e. The minimum absolute atomic E-state index is 0.0385. The number of carbonyl (C=O) groups excluding carboxylic acids is 2. The van der Waals surface area contributed by atoms with Gasteiger partial charge >= 0.3 is 12.2 Å². The third-order valence-corrected chi connectivity index (χ3v) is 6.67. The summed E-state index contributed by atoms with van der Waals surface area (Å²) in [5, 5.41) is 2.86. The second kappa shape index (κ2) is 8.17. The Labute approximate surface area is 193 Å². The first kappa shape index (κ1) is 23.0. The third-order valence-electron chi connectivity index (χ3n) is 6.67. The molecule has 2 atom stereocenters. The molecule has 1 N–H and O–H groups in total. The zero-order valence-electron chi connectivity index (χ0n) is 18.6. The van der Waals surface area contributed by atoms with Crippen LogP contribution in [0.1, 0.15) is 18.9 Å². The fourth-order valence-corrected chi connectivity index (χ4v) is 4.94. The van der Waals surface area contributed by atoms with E-state index in [1.807, 2.05) is 0 Å². The summed E-state index contributed by atoms with van der Waals surface area (Å²) in [5.74, 6) is 0.0497. The van der Waals surface area contributed by atoms with E-state index in [-0.39, 0.29) is 61.3 Å². The van der Waals surface area contributed by atoms with Crippen LogP contribution >= 0.6 is 0 Å². The number of morpholine rings is 1. The molecule has 3 amide bonds. The van der Waals surface area contributed by atoms with Gasteiger partial charge in [-0.25, -0.2) is 9.18 Å². The van der Waals surface area contributed by atoms with Crippen molar-refractivity contribution < 1.29 is 36.6 Å². The standard InChI is InChI=1S/C22H26F4N4O4/c1-21(23)11-30(12-21)17-6-13(2-3-15(17)22(24,25)26)34-14-7-29(8-14)20(32)28-5-4-18-16(9-28)27-19(31)10-33-18/h2-3,6,14,16,18H,4-5,7-12H2,1H3,(H,27,31)/t16?,18-/m0/s1. The van der Waals surface area contributed by atoms with Crippen LogP contribution in [0, 0.1) is 0 Å². The summed E-state index contributed by atoms with van der Waals surface area (Å²) in [5.41, 5.74) is -2.45. The van der Waals surface area contributed by atoms with Crippen molar-refractivity contribution in [3.63, 3.8) is 0 Å². The van der Waals surface area contributed by atoms with Crippen molar-refractivity contribution in [2.24, 2.45) is 0 Å². The molecule has 12 heteroatoms. The highest BCUT2D eigenvalue weighted by Gasteiger charge is 2.44. The monoisotopic (exact) mass is 486 g/mol. The lowest BCUT2D eigenvalue weighted by atomic mass is 9.96. The van der Waals surface area contributed by atoms with Crippen LogP contribution in [0.3, 0.4) is 0 Å². The molecule has 4 heterocycles. The number of rotatable bonds is 3. The van der Waals surface area contributed by atoms with Crippen LogP contribution in [-0.2, 0) is 15.7 Å². The molecule has 0 spiro atoms. The number of fused-ring (bicyclic) bond motifs is 1. The molecule has 34 heavy (non-hydrogen) atoms. The number of likely N-dealkylation sites (tertiary alicyclic amines) is 2. The molecule has 0 aromatic heterocycles. The number of urea groups is 1. The molecule has 4 saturated heterocycles. The first-order valence-corrected chi connectivity index (χ1v) is 11.3. The van der Waals surface area contributed by atoms with Gasteiger partial charge in [0.15, 0.2) is 0 Å². The Morgan fingerprint density at radius 3 is 2.62 bits per heavy atom. The number of benzene rings is 1. The van der Waals surface area contributed by atoms with Crippen LogP contribution in [0.25, 0.3) is 0 Å². The molecule has 4 aliphatic heterocycles. The van der Waals surface area contributed by atoms with E-state index < -0.39 is 17.4 Å². The summed E-state index contributed by atoms with van der Waals surface area (Å²) in [6.07, 6.45) is -4.38. The summed E-state index contributed by atoms with van der Waals surface area (Å²) >= 11 is 0. The van der Waals surface area contributed by atoms with E-state index in [9.17, 15) is 27.2 Å². The Kier molecular flexibility index (Phi) is 5.53. The second-order valence-corrected chi connectivity index (χ2v) is 9.63. The van der Waals surface area contributed by atoms with E-state index in [0.29, 0.717) is 32.6 Å². The number of alkyl halides is 4. The van der Waals surface area contributed by atoms with Crippen LogP contribution < -0.4 is 15.0 Å². The molecule has 0 radical (unpaired) electrons. The van der Waals surface area contributed by atoms with Gasteiger partial charge in [-0.3, -0.25) is 4.79 Å². The van der Waals surface area contributed by atoms with E-state index in [0.717, 1.165) is 6.07 Å². The lowest BCUT2D eigenvalue weighted by Crippen LogP contribution is -2.65. The summed E-state index contributed by atoms with van der Waals surface area (Å²) in [7, 11) is 0. The van der Waals surface area contributed by atoms with E-state index in [4.69, 9.17) is 9.47 Å². The van der Waals surface area contributed by atoms with Gasteiger partial charge in [0, 0.05) is 19.2 Å². The molecule has 8 nitrogen and oxygen atoms in total. The average molecular weight is 486 g/mol. The van der Waals surface area contributed by atoms with Crippen molar-refractivity contribution in [3.05, 3.63) is 23.8 Å². The fraction of sp³-hybridized carbons (Fsp3) is 0.636. The van der Waals surface area contributed by atoms with E-state index in [1.165, 1.54) is 24.0 Å². The van der Waals surface area contributed by atoms with Gasteiger partial charge in [0.2, 0.25) is 5.91 Å². The lowest BCUT2D eigenvalue weighted by molar-refractivity contribution is -0.140. The van der Waals surface area contributed by atoms with Crippen molar-refractivity contribution in [1.29, 1.82) is 0 Å². The third kappa shape index (κ3) is 4.47. The van der Waals surface area contributed by atoms with Crippen LogP contribution in [0.5, 0.6) is 5.75 Å². The summed E-state index contributed by atoms with van der Waals surface area (Å²) < 4.78 is 65.5. The Balaban J connectivity index is 1.18. The second-order valence-electron chi connectivity index (χ2n) is 9.63. The summed E-state index contributed by atoms with van der Waals surface area (Å²) in [4.78, 5) is 29.0. The number of nitrogens with zero attached hydrogens (tertiary/aromatic N) is 3. The molecule has 4 aliphatic rings. The van der Waals surface area contributed by atoms with Gasteiger partial charge in [-0.05, 0) is 25.5 Å². The van der Waals surface area contributed by atoms with Gasteiger partial charge in [0.05, 0.1) is 49.6 Å². The van der Waals surface area contributed by atoms with Crippen LogP contribution in [0.2, 0.25) is 0 Å². The smallest absolute Gasteiger partial charge is 0.418 e. The summed E-state index contributed by atoms with van der Waals surface area (Å²) in [6, 6.07) is 3.09. The number of halogens is 4. The molecular formula is C22H26F4N4O4. The number of ether oxygens (including phenoxy) is 2. The highest BCUT2D eigenvalue weighted by atomic mass is 19.4.